The molecule has 0 aliphatic heterocycles. The van der Waals surface area contributed by atoms with Crippen LogP contribution in [0.25, 0.3) is 6.08 Å². The van der Waals surface area contributed by atoms with Crippen molar-refractivity contribution in [2.45, 2.75) is 91.6 Å². The van der Waals surface area contributed by atoms with Gasteiger partial charge in [0.2, 0.25) is 0 Å². The Morgan fingerprint density at radius 3 is 2.29 bits per heavy atom. The van der Waals surface area contributed by atoms with Gasteiger partial charge in [0.15, 0.2) is 11.4 Å². The maximum atomic E-state index is 15.2. The lowest BCUT2D eigenvalue weighted by atomic mass is 9.46. The highest BCUT2D eigenvalue weighted by molar-refractivity contribution is 5.96. The molecular formula is C35H46O6. The van der Waals surface area contributed by atoms with Crippen molar-refractivity contribution in [3.05, 3.63) is 66.6 Å². The monoisotopic (exact) mass is 562 g/mol. The summed E-state index contributed by atoms with van der Waals surface area (Å²) >= 11 is 0. The fourth-order valence-corrected chi connectivity index (χ4v) is 9.01. The van der Waals surface area contributed by atoms with E-state index >= 15 is 4.79 Å². The van der Waals surface area contributed by atoms with Crippen LogP contribution in [0, 0.1) is 39.9 Å². The number of allylic oxidation sites excluding steroid dienone is 2. The molecule has 222 valence electrons. The van der Waals surface area contributed by atoms with Crippen LogP contribution in [0.1, 0.15) is 73.3 Å². The van der Waals surface area contributed by atoms with Gasteiger partial charge in [-0.1, -0.05) is 71.2 Å². The first-order valence-corrected chi connectivity index (χ1v) is 14.9. The molecule has 5 rings (SSSR count). The Balaban J connectivity index is 1.58. The Labute approximate surface area is 244 Å². The third-order valence-corrected chi connectivity index (χ3v) is 11.3. The highest BCUT2D eigenvalue weighted by Gasteiger charge is 2.81. The van der Waals surface area contributed by atoms with E-state index in [0.717, 1.165) is 12.0 Å². The molecule has 0 saturated heterocycles. The molecule has 1 N–H and O–H groups in total. The fraction of sp³-hybridized carbons (Fsp3) is 0.600. The Morgan fingerprint density at radius 1 is 1.02 bits per heavy atom. The van der Waals surface area contributed by atoms with E-state index in [9.17, 15) is 9.90 Å². The molecule has 4 fully saturated rings. The van der Waals surface area contributed by atoms with Gasteiger partial charge in [0, 0.05) is 23.8 Å². The molecule has 0 spiro atoms. The average molecular weight is 563 g/mol. The average Bonchev–Trinajstić information content (AvgIpc) is 3.37. The lowest BCUT2D eigenvalue weighted by Crippen LogP contribution is -2.73. The van der Waals surface area contributed by atoms with Gasteiger partial charge in [-0.3, -0.25) is 4.79 Å². The van der Waals surface area contributed by atoms with Crippen molar-refractivity contribution in [1.82, 2.24) is 0 Å². The van der Waals surface area contributed by atoms with Crippen molar-refractivity contribution in [3.63, 3.8) is 0 Å². The standard InChI is InChI=1S/C35H46O6/c1-20(2)39-30-26-24(32(26,6)7)17-18-33(8)29(37)27-28(40-25(36)16-15-23-13-11-10-12-14-23)22(5)19-35(27,41-21(3)4)31(38)34(30,33)9/h10-16,22,24,26-30,37H,1,3,17-19H2,2,4-9H3/b16-15+/t22-,24-,26-,27+,28-,29+,30+,33-,34+,35+/m0/s1. The molecule has 4 aliphatic carbocycles. The maximum absolute atomic E-state index is 15.2. The van der Waals surface area contributed by atoms with Crippen LogP contribution in [-0.2, 0) is 23.8 Å². The first-order chi connectivity index (χ1) is 19.1. The molecule has 4 saturated carbocycles. The smallest absolute Gasteiger partial charge is 0.331 e. The molecule has 0 unspecified atom stereocenters. The number of carbonyl (C=O) groups excluding carboxylic acids is 2. The second-order valence-corrected chi connectivity index (χ2v) is 14.2. The Hall–Kier alpha value is -2.86. The highest BCUT2D eigenvalue weighted by atomic mass is 16.6. The van der Waals surface area contributed by atoms with Crippen molar-refractivity contribution in [2.75, 3.05) is 0 Å². The summed E-state index contributed by atoms with van der Waals surface area (Å²) in [5.74, 6) is -0.114. The van der Waals surface area contributed by atoms with E-state index in [4.69, 9.17) is 14.2 Å². The summed E-state index contributed by atoms with van der Waals surface area (Å²) in [6.45, 7) is 22.0. The summed E-state index contributed by atoms with van der Waals surface area (Å²) in [4.78, 5) is 28.4. The van der Waals surface area contributed by atoms with Gasteiger partial charge < -0.3 is 19.3 Å². The number of benzene rings is 1. The van der Waals surface area contributed by atoms with Gasteiger partial charge in [-0.25, -0.2) is 4.79 Å². The molecule has 0 bridgehead atoms. The van der Waals surface area contributed by atoms with Crippen molar-refractivity contribution >= 4 is 17.8 Å². The molecule has 0 amide bonds. The van der Waals surface area contributed by atoms with E-state index in [2.05, 4.69) is 27.0 Å². The van der Waals surface area contributed by atoms with Crippen LogP contribution in [0.15, 0.2) is 61.1 Å². The van der Waals surface area contributed by atoms with Crippen molar-refractivity contribution in [3.8, 4) is 0 Å². The number of esters is 1. The van der Waals surface area contributed by atoms with E-state index in [0.29, 0.717) is 30.3 Å². The minimum absolute atomic E-state index is 0.0149. The molecule has 4 aliphatic rings. The maximum Gasteiger partial charge on any atom is 0.331 e. The number of aliphatic hydroxyl groups is 1. The molecule has 6 heteroatoms. The first kappa shape index (κ1) is 29.6. The molecule has 0 aromatic heterocycles. The predicted octanol–water partition coefficient (Wildman–Crippen LogP) is 6.50. The van der Waals surface area contributed by atoms with E-state index in [1.54, 1.807) is 13.0 Å². The lowest BCUT2D eigenvalue weighted by molar-refractivity contribution is -0.235. The van der Waals surface area contributed by atoms with Crippen molar-refractivity contribution in [2.24, 2.45) is 39.9 Å². The first-order valence-electron chi connectivity index (χ1n) is 14.9. The van der Waals surface area contributed by atoms with Crippen LogP contribution in [0.5, 0.6) is 0 Å². The highest BCUT2D eigenvalue weighted by Crippen LogP contribution is 2.74. The largest absolute Gasteiger partial charge is 0.494 e. The minimum Gasteiger partial charge on any atom is -0.494 e. The van der Waals surface area contributed by atoms with Crippen LogP contribution in [0.3, 0.4) is 0 Å². The lowest BCUT2D eigenvalue weighted by Gasteiger charge is -2.61. The van der Waals surface area contributed by atoms with Gasteiger partial charge in [0.1, 0.15) is 12.2 Å². The van der Waals surface area contributed by atoms with Crippen LogP contribution < -0.4 is 0 Å². The van der Waals surface area contributed by atoms with Crippen LogP contribution in [-0.4, -0.2) is 40.8 Å². The third-order valence-electron chi connectivity index (χ3n) is 11.3. The summed E-state index contributed by atoms with van der Waals surface area (Å²) in [6, 6.07) is 9.52. The molecule has 41 heavy (non-hydrogen) atoms. The predicted molar refractivity (Wildman–Crippen MR) is 158 cm³/mol. The number of aliphatic hydroxyl groups excluding tert-OH is 1. The van der Waals surface area contributed by atoms with Gasteiger partial charge in [-0.05, 0) is 62.5 Å². The quantitative estimate of drug-likeness (QED) is 0.232. The second kappa shape index (κ2) is 9.86. The van der Waals surface area contributed by atoms with Gasteiger partial charge in [0.25, 0.3) is 0 Å². The zero-order chi connectivity index (χ0) is 30.1. The zero-order valence-electron chi connectivity index (χ0n) is 25.6. The third kappa shape index (κ3) is 4.31. The van der Waals surface area contributed by atoms with Gasteiger partial charge >= 0.3 is 5.97 Å². The van der Waals surface area contributed by atoms with E-state index < -0.39 is 46.6 Å². The molecular weight excluding hydrogens is 516 g/mol. The Kier molecular flexibility index (Phi) is 7.12. The van der Waals surface area contributed by atoms with Gasteiger partial charge in [-0.15, -0.1) is 0 Å². The van der Waals surface area contributed by atoms with E-state index in [-0.39, 0.29) is 23.0 Å². The van der Waals surface area contributed by atoms with Crippen LogP contribution in [0.4, 0.5) is 0 Å². The number of hydrogen-bond acceptors (Lipinski definition) is 6. The van der Waals surface area contributed by atoms with Crippen molar-refractivity contribution in [1.29, 1.82) is 0 Å². The SMILES string of the molecule is C=C(C)O[C@@H]1[C@@H]2[C@H](CC[C@@]3(C)[C@H](O)[C@H]4[C@@H](OC(=O)/C=C/c5ccccc5)[C@@H](C)C[C@]4(OC(=C)C)C(=O)[C@@]13C)C2(C)C. The van der Waals surface area contributed by atoms with Crippen LogP contribution in [0.2, 0.25) is 0 Å². The summed E-state index contributed by atoms with van der Waals surface area (Å²) in [6.07, 6.45) is 2.79. The summed E-state index contributed by atoms with van der Waals surface area (Å²) in [7, 11) is 0. The zero-order valence-corrected chi connectivity index (χ0v) is 25.6. The number of fused-ring (bicyclic) bond motifs is 3. The molecule has 0 radical (unpaired) electrons. The Morgan fingerprint density at radius 2 is 1.68 bits per heavy atom. The van der Waals surface area contributed by atoms with Gasteiger partial charge in [0.05, 0.1) is 29.0 Å². The minimum atomic E-state index is -1.40. The molecule has 0 heterocycles. The van der Waals surface area contributed by atoms with E-state index in [1.165, 1.54) is 6.08 Å². The van der Waals surface area contributed by atoms with Crippen LogP contribution >= 0.6 is 0 Å². The Bertz CT molecular complexity index is 1280. The number of ketones is 1. The number of rotatable bonds is 7. The fourth-order valence-electron chi connectivity index (χ4n) is 9.01. The number of Topliss-reactive ketones (excluding diaryl/α,β-unsaturated/α-hetero) is 1. The van der Waals surface area contributed by atoms with Gasteiger partial charge in [-0.2, -0.15) is 0 Å². The number of hydrogen-bond donors (Lipinski definition) is 1. The molecule has 1 aromatic carbocycles. The summed E-state index contributed by atoms with van der Waals surface area (Å²) in [5, 5.41) is 12.5. The normalized spacial score (nSPS) is 42.3. The summed E-state index contributed by atoms with van der Waals surface area (Å²) in [5.41, 5.74) is -2.42. The molecule has 1 aromatic rings. The molecule has 6 nitrogen and oxygen atoms in total. The summed E-state index contributed by atoms with van der Waals surface area (Å²) < 4.78 is 19.1. The van der Waals surface area contributed by atoms with Crippen molar-refractivity contribution < 1.29 is 28.9 Å². The number of ether oxygens (including phenoxy) is 3. The second-order valence-electron chi connectivity index (χ2n) is 14.2. The topological polar surface area (TPSA) is 82.1 Å². The molecule has 10 atom stereocenters. The number of carbonyl (C=O) groups is 2. The van der Waals surface area contributed by atoms with E-state index in [1.807, 2.05) is 58.0 Å².